The van der Waals surface area contributed by atoms with Crippen molar-refractivity contribution in [2.45, 2.75) is 38.1 Å². The standard InChI is InChI=1S/C16H21N3O4/c1-23-16(22)12-5-3-2-4-6-14(20)18-13-9-10(17)7-8-11(13)15(21)19-12/h7-9,12H,2-6,17H2,1H3,(H,18,20)(H,19,21). The summed E-state index contributed by atoms with van der Waals surface area (Å²) in [6.07, 6.45) is 3.07. The van der Waals surface area contributed by atoms with Crippen LogP contribution in [0.5, 0.6) is 0 Å². The van der Waals surface area contributed by atoms with Crippen molar-refractivity contribution in [3.05, 3.63) is 23.8 Å². The third-order valence-corrected chi connectivity index (χ3v) is 3.75. The molecule has 7 heteroatoms. The second-order valence-corrected chi connectivity index (χ2v) is 5.50. The van der Waals surface area contributed by atoms with Crippen LogP contribution in [0.2, 0.25) is 0 Å². The molecular formula is C16H21N3O4. The van der Waals surface area contributed by atoms with Crippen molar-refractivity contribution in [3.63, 3.8) is 0 Å². The number of rotatable bonds is 1. The molecule has 1 aromatic carbocycles. The highest BCUT2D eigenvalue weighted by Gasteiger charge is 2.24. The quantitative estimate of drug-likeness (QED) is 0.536. The van der Waals surface area contributed by atoms with Crippen LogP contribution in [0, 0.1) is 0 Å². The number of hydrogen-bond donors (Lipinski definition) is 3. The van der Waals surface area contributed by atoms with Crippen LogP contribution in [0.25, 0.3) is 0 Å². The second kappa shape index (κ2) is 7.62. The van der Waals surface area contributed by atoms with Crippen LogP contribution in [-0.2, 0) is 14.3 Å². The lowest BCUT2D eigenvalue weighted by molar-refractivity contribution is -0.143. The second-order valence-electron chi connectivity index (χ2n) is 5.50. The molecule has 1 aliphatic rings. The van der Waals surface area contributed by atoms with Gasteiger partial charge >= 0.3 is 5.97 Å². The number of hydrogen-bond acceptors (Lipinski definition) is 5. The van der Waals surface area contributed by atoms with Gasteiger partial charge in [-0.3, -0.25) is 9.59 Å². The van der Waals surface area contributed by atoms with E-state index in [9.17, 15) is 14.4 Å². The van der Waals surface area contributed by atoms with Crippen molar-refractivity contribution in [2.75, 3.05) is 18.2 Å². The van der Waals surface area contributed by atoms with Gasteiger partial charge in [0.1, 0.15) is 6.04 Å². The fourth-order valence-electron chi connectivity index (χ4n) is 2.51. The van der Waals surface area contributed by atoms with Crippen molar-refractivity contribution in [3.8, 4) is 0 Å². The van der Waals surface area contributed by atoms with E-state index in [0.29, 0.717) is 30.6 Å². The molecule has 2 amide bonds. The topological polar surface area (TPSA) is 111 Å². The molecule has 23 heavy (non-hydrogen) atoms. The summed E-state index contributed by atoms with van der Waals surface area (Å²) in [7, 11) is 1.29. The first kappa shape index (κ1) is 16.8. The van der Waals surface area contributed by atoms with Crippen LogP contribution in [0.1, 0.15) is 42.5 Å². The van der Waals surface area contributed by atoms with Crippen molar-refractivity contribution < 1.29 is 19.1 Å². The van der Waals surface area contributed by atoms with Crippen LogP contribution < -0.4 is 16.4 Å². The molecule has 4 N–H and O–H groups in total. The number of nitrogen functional groups attached to an aromatic ring is 1. The monoisotopic (exact) mass is 319 g/mol. The zero-order valence-corrected chi connectivity index (χ0v) is 13.1. The summed E-state index contributed by atoms with van der Waals surface area (Å²) in [5.41, 5.74) is 6.78. The van der Waals surface area contributed by atoms with Gasteiger partial charge in [-0.25, -0.2) is 4.79 Å². The summed E-state index contributed by atoms with van der Waals surface area (Å²) in [5, 5.41) is 5.38. The predicted molar refractivity (Wildman–Crippen MR) is 85.8 cm³/mol. The zero-order valence-electron chi connectivity index (χ0n) is 13.1. The van der Waals surface area contributed by atoms with Crippen LogP contribution >= 0.6 is 0 Å². The van der Waals surface area contributed by atoms with Crippen LogP contribution in [0.3, 0.4) is 0 Å². The largest absolute Gasteiger partial charge is 0.467 e. The molecule has 0 radical (unpaired) electrons. The third-order valence-electron chi connectivity index (χ3n) is 3.75. The van der Waals surface area contributed by atoms with Gasteiger partial charge in [-0.2, -0.15) is 0 Å². The van der Waals surface area contributed by atoms with Gasteiger partial charge in [-0.05, 0) is 31.0 Å². The number of esters is 1. The van der Waals surface area contributed by atoms with Crippen molar-refractivity contribution >= 4 is 29.2 Å². The third kappa shape index (κ3) is 4.45. The minimum Gasteiger partial charge on any atom is -0.467 e. The Morgan fingerprint density at radius 2 is 2.04 bits per heavy atom. The number of nitrogens with one attached hydrogen (secondary N) is 2. The lowest BCUT2D eigenvalue weighted by Crippen LogP contribution is -2.41. The Balaban J connectivity index is 2.32. The molecule has 1 heterocycles. The van der Waals surface area contributed by atoms with Gasteiger partial charge in [0.25, 0.3) is 5.91 Å². The molecule has 0 bridgehead atoms. The lowest BCUT2D eigenvalue weighted by Gasteiger charge is -2.19. The number of anilines is 2. The van der Waals surface area contributed by atoms with E-state index in [-0.39, 0.29) is 11.5 Å². The average Bonchev–Trinajstić information content (AvgIpc) is 2.51. The average molecular weight is 319 g/mol. The van der Waals surface area contributed by atoms with E-state index in [1.807, 2.05) is 0 Å². The van der Waals surface area contributed by atoms with Gasteiger partial charge in [-0.15, -0.1) is 0 Å². The number of methoxy groups -OCH3 is 1. The van der Waals surface area contributed by atoms with E-state index in [0.717, 1.165) is 12.8 Å². The van der Waals surface area contributed by atoms with Crippen LogP contribution in [0.15, 0.2) is 18.2 Å². The van der Waals surface area contributed by atoms with E-state index in [1.54, 1.807) is 6.07 Å². The fourth-order valence-corrected chi connectivity index (χ4v) is 2.51. The van der Waals surface area contributed by atoms with Crippen molar-refractivity contribution in [2.24, 2.45) is 0 Å². The van der Waals surface area contributed by atoms with Crippen molar-refractivity contribution in [1.82, 2.24) is 5.32 Å². The van der Waals surface area contributed by atoms with E-state index < -0.39 is 17.9 Å². The molecule has 0 spiro atoms. The minimum atomic E-state index is -0.701. The number of carbonyl (C=O) groups is 3. The Morgan fingerprint density at radius 1 is 1.26 bits per heavy atom. The maximum atomic E-state index is 12.5. The number of benzene rings is 1. The van der Waals surface area contributed by atoms with Gasteiger partial charge in [0.15, 0.2) is 0 Å². The maximum absolute atomic E-state index is 12.5. The zero-order chi connectivity index (χ0) is 16.8. The van der Waals surface area contributed by atoms with Gasteiger partial charge in [-0.1, -0.05) is 12.8 Å². The SMILES string of the molecule is COC(=O)C1CCCCCC(=O)Nc2cc(N)ccc2C(=O)N1. The molecule has 0 saturated carbocycles. The molecule has 1 aromatic rings. The summed E-state index contributed by atoms with van der Waals surface area (Å²) in [5.74, 6) is -1.08. The highest BCUT2D eigenvalue weighted by atomic mass is 16.5. The Morgan fingerprint density at radius 3 is 2.78 bits per heavy atom. The fraction of sp³-hybridized carbons (Fsp3) is 0.438. The number of carbonyl (C=O) groups excluding carboxylic acids is 3. The molecule has 0 fully saturated rings. The van der Waals surface area contributed by atoms with E-state index in [1.165, 1.54) is 19.2 Å². The molecule has 0 saturated heterocycles. The first-order valence-corrected chi connectivity index (χ1v) is 7.59. The van der Waals surface area contributed by atoms with Crippen molar-refractivity contribution in [1.29, 1.82) is 0 Å². The summed E-state index contributed by atoms with van der Waals surface area (Å²) >= 11 is 0. The Kier molecular flexibility index (Phi) is 5.56. The number of ether oxygens (including phenoxy) is 1. The van der Waals surface area contributed by atoms with Gasteiger partial charge in [0.2, 0.25) is 5.91 Å². The summed E-state index contributed by atoms with van der Waals surface area (Å²) in [4.78, 5) is 36.2. The molecular weight excluding hydrogens is 298 g/mol. The smallest absolute Gasteiger partial charge is 0.328 e. The van der Waals surface area contributed by atoms with E-state index in [4.69, 9.17) is 10.5 Å². The normalized spacial score (nSPS) is 19.4. The maximum Gasteiger partial charge on any atom is 0.328 e. The van der Waals surface area contributed by atoms with E-state index >= 15 is 0 Å². The molecule has 1 atom stereocenters. The summed E-state index contributed by atoms with van der Waals surface area (Å²) < 4.78 is 4.74. The Bertz CT molecular complexity index is 615. The Hall–Kier alpha value is -2.57. The Labute approximate surface area is 134 Å². The van der Waals surface area contributed by atoms with E-state index in [2.05, 4.69) is 10.6 Å². The molecule has 1 unspecified atom stereocenters. The summed E-state index contributed by atoms with van der Waals surface area (Å²) in [6, 6.07) is 3.93. The number of fused-ring (bicyclic) bond motifs is 1. The first-order valence-electron chi connectivity index (χ1n) is 7.59. The lowest BCUT2D eigenvalue weighted by atomic mass is 10.0. The molecule has 1 aliphatic heterocycles. The summed E-state index contributed by atoms with van der Waals surface area (Å²) in [6.45, 7) is 0. The van der Waals surface area contributed by atoms with Gasteiger partial charge < -0.3 is 21.1 Å². The van der Waals surface area contributed by atoms with Gasteiger partial charge in [0, 0.05) is 12.1 Å². The van der Waals surface area contributed by atoms with Crippen LogP contribution in [-0.4, -0.2) is 30.9 Å². The number of amides is 2. The highest BCUT2D eigenvalue weighted by molar-refractivity contribution is 6.05. The molecule has 7 nitrogen and oxygen atoms in total. The molecule has 2 rings (SSSR count). The molecule has 0 aromatic heterocycles. The van der Waals surface area contributed by atoms with Crippen LogP contribution in [0.4, 0.5) is 11.4 Å². The number of nitrogens with two attached hydrogens (primary N) is 1. The highest BCUT2D eigenvalue weighted by Crippen LogP contribution is 2.21. The minimum absolute atomic E-state index is 0.158. The first-order chi connectivity index (χ1) is 11.0. The van der Waals surface area contributed by atoms with Gasteiger partial charge in [0.05, 0.1) is 18.4 Å². The molecule has 0 aliphatic carbocycles. The molecule has 124 valence electrons. The predicted octanol–water partition coefficient (Wildman–Crippen LogP) is 1.44.